The Balaban J connectivity index is 1.87. The Hall–Kier alpha value is -2.99. The van der Waals surface area contributed by atoms with Crippen molar-refractivity contribution in [3.8, 4) is 11.3 Å². The van der Waals surface area contributed by atoms with Gasteiger partial charge >= 0.3 is 0 Å². The summed E-state index contributed by atoms with van der Waals surface area (Å²) in [5.74, 6) is 1.39. The molecule has 2 N–H and O–H groups in total. The second-order valence-corrected chi connectivity index (χ2v) is 7.22. The molecule has 0 bridgehead atoms. The second-order valence-electron chi connectivity index (χ2n) is 7.22. The molecule has 146 valence electrons. The molecule has 2 aromatic heterocycles. The van der Waals surface area contributed by atoms with E-state index in [0.717, 1.165) is 42.3 Å². The first-order valence-electron chi connectivity index (χ1n) is 9.53. The van der Waals surface area contributed by atoms with E-state index in [1.54, 1.807) is 12.4 Å². The third kappa shape index (κ3) is 5.50. The van der Waals surface area contributed by atoms with Crippen molar-refractivity contribution < 1.29 is 0 Å². The Morgan fingerprint density at radius 3 is 2.50 bits per heavy atom. The van der Waals surface area contributed by atoms with Crippen LogP contribution in [0.25, 0.3) is 11.3 Å². The highest BCUT2D eigenvalue weighted by Crippen LogP contribution is 2.25. The average Bonchev–Trinajstić information content (AvgIpc) is 2.68. The number of pyridine rings is 1. The largest absolute Gasteiger partial charge is 0.354 e. The summed E-state index contributed by atoms with van der Waals surface area (Å²) in [6, 6.07) is 12.2. The monoisotopic (exact) mass is 376 g/mol. The quantitative estimate of drug-likeness (QED) is 0.573. The van der Waals surface area contributed by atoms with Crippen molar-refractivity contribution in [3.63, 3.8) is 0 Å². The van der Waals surface area contributed by atoms with Crippen LogP contribution in [0, 0.1) is 13.8 Å². The molecule has 0 amide bonds. The number of nitrogens with one attached hydrogen (secondary N) is 2. The molecule has 0 aliphatic carbocycles. The van der Waals surface area contributed by atoms with Crippen LogP contribution in [0.4, 0.5) is 17.5 Å². The highest BCUT2D eigenvalue weighted by molar-refractivity contribution is 5.68. The van der Waals surface area contributed by atoms with E-state index >= 15 is 0 Å². The number of aryl methyl sites for hydroxylation is 2. The van der Waals surface area contributed by atoms with Gasteiger partial charge in [0, 0.05) is 36.3 Å². The van der Waals surface area contributed by atoms with Crippen LogP contribution in [0.15, 0.2) is 48.8 Å². The van der Waals surface area contributed by atoms with Gasteiger partial charge in [-0.25, -0.2) is 4.98 Å². The first kappa shape index (κ1) is 19.8. The number of hydrogen-bond donors (Lipinski definition) is 2. The minimum absolute atomic E-state index is 0.626. The van der Waals surface area contributed by atoms with E-state index in [-0.39, 0.29) is 0 Å². The van der Waals surface area contributed by atoms with Crippen LogP contribution in [-0.2, 0) is 0 Å². The van der Waals surface area contributed by atoms with Crippen molar-refractivity contribution in [2.45, 2.75) is 20.3 Å². The molecule has 1 aromatic carbocycles. The number of hydrogen-bond acceptors (Lipinski definition) is 6. The minimum Gasteiger partial charge on any atom is -0.354 e. The third-order valence-corrected chi connectivity index (χ3v) is 4.42. The molecule has 0 fully saturated rings. The van der Waals surface area contributed by atoms with Gasteiger partial charge in [-0.3, -0.25) is 4.98 Å². The topological polar surface area (TPSA) is 66.0 Å². The maximum absolute atomic E-state index is 4.70. The zero-order chi connectivity index (χ0) is 19.9. The van der Waals surface area contributed by atoms with Gasteiger partial charge in [-0.05, 0) is 70.2 Å². The van der Waals surface area contributed by atoms with E-state index in [1.165, 1.54) is 11.1 Å². The summed E-state index contributed by atoms with van der Waals surface area (Å²) in [5, 5.41) is 6.82. The van der Waals surface area contributed by atoms with Gasteiger partial charge in [0.25, 0.3) is 0 Å². The fourth-order valence-corrected chi connectivity index (χ4v) is 2.86. The Morgan fingerprint density at radius 1 is 0.964 bits per heavy atom. The van der Waals surface area contributed by atoms with Crippen molar-refractivity contribution in [1.82, 2.24) is 19.9 Å². The van der Waals surface area contributed by atoms with E-state index in [2.05, 4.69) is 71.6 Å². The van der Waals surface area contributed by atoms with Crippen LogP contribution in [0.1, 0.15) is 17.5 Å². The molecule has 0 saturated carbocycles. The molecule has 6 heteroatoms. The number of nitrogens with zero attached hydrogens (tertiary/aromatic N) is 4. The third-order valence-electron chi connectivity index (χ3n) is 4.42. The van der Waals surface area contributed by atoms with Gasteiger partial charge in [0.05, 0.1) is 5.69 Å². The second kappa shape index (κ2) is 9.28. The average molecular weight is 377 g/mol. The van der Waals surface area contributed by atoms with Crippen molar-refractivity contribution in [2.24, 2.45) is 0 Å². The lowest BCUT2D eigenvalue weighted by Crippen LogP contribution is -2.17. The molecule has 0 saturated heterocycles. The van der Waals surface area contributed by atoms with Gasteiger partial charge < -0.3 is 15.5 Å². The fraction of sp³-hybridized carbons (Fsp3) is 0.318. The Labute approximate surface area is 167 Å². The van der Waals surface area contributed by atoms with Crippen molar-refractivity contribution in [2.75, 3.05) is 37.8 Å². The maximum atomic E-state index is 4.70. The highest BCUT2D eigenvalue weighted by atomic mass is 15.1. The van der Waals surface area contributed by atoms with Crippen LogP contribution in [-0.4, -0.2) is 47.0 Å². The van der Waals surface area contributed by atoms with Gasteiger partial charge in [-0.15, -0.1) is 0 Å². The zero-order valence-electron chi connectivity index (χ0n) is 17.0. The van der Waals surface area contributed by atoms with Gasteiger partial charge in [0.2, 0.25) is 5.95 Å². The molecule has 28 heavy (non-hydrogen) atoms. The van der Waals surface area contributed by atoms with E-state index < -0.39 is 0 Å². The Kier molecular flexibility index (Phi) is 6.55. The lowest BCUT2D eigenvalue weighted by Gasteiger charge is -2.14. The van der Waals surface area contributed by atoms with E-state index in [9.17, 15) is 0 Å². The predicted molar refractivity (Wildman–Crippen MR) is 116 cm³/mol. The normalized spacial score (nSPS) is 10.9. The highest BCUT2D eigenvalue weighted by Gasteiger charge is 2.08. The van der Waals surface area contributed by atoms with Crippen molar-refractivity contribution >= 4 is 17.5 Å². The number of rotatable bonds is 8. The molecule has 0 atom stereocenters. The molecule has 0 radical (unpaired) electrons. The smallest absolute Gasteiger partial charge is 0.225 e. The summed E-state index contributed by atoms with van der Waals surface area (Å²) in [4.78, 5) is 15.7. The van der Waals surface area contributed by atoms with Crippen molar-refractivity contribution in [1.29, 1.82) is 0 Å². The molecule has 3 aromatic rings. The number of anilines is 3. The first-order chi connectivity index (χ1) is 13.5. The van der Waals surface area contributed by atoms with Gasteiger partial charge in [-0.2, -0.15) is 4.98 Å². The van der Waals surface area contributed by atoms with Crippen molar-refractivity contribution in [3.05, 3.63) is 59.9 Å². The molecular weight excluding hydrogens is 348 g/mol. The fourth-order valence-electron chi connectivity index (χ4n) is 2.86. The van der Waals surface area contributed by atoms with Gasteiger partial charge in [-0.1, -0.05) is 12.1 Å². The SMILES string of the molecule is Cc1ccc(C)c(Nc2cc(-c3ccncc3)nc(NCCCN(C)C)n2)c1. The van der Waals surface area contributed by atoms with E-state index in [1.807, 2.05) is 18.2 Å². The van der Waals surface area contributed by atoms with Gasteiger partial charge in [0.1, 0.15) is 5.82 Å². The van der Waals surface area contributed by atoms with E-state index in [0.29, 0.717) is 5.95 Å². The number of aromatic nitrogens is 3. The lowest BCUT2D eigenvalue weighted by atomic mass is 10.1. The van der Waals surface area contributed by atoms with Crippen LogP contribution < -0.4 is 10.6 Å². The Bertz CT molecular complexity index is 908. The Morgan fingerprint density at radius 2 is 1.75 bits per heavy atom. The summed E-state index contributed by atoms with van der Waals surface area (Å²) in [7, 11) is 4.15. The molecule has 2 heterocycles. The molecule has 0 aliphatic heterocycles. The first-order valence-corrected chi connectivity index (χ1v) is 9.53. The standard InChI is InChI=1S/C22H28N6/c1-16-6-7-17(2)19(14-16)25-21-15-20(18-8-11-23-12-9-18)26-22(27-21)24-10-5-13-28(3)4/h6-9,11-12,14-15H,5,10,13H2,1-4H3,(H2,24,25,26,27). The molecule has 6 nitrogen and oxygen atoms in total. The molecule has 3 rings (SSSR count). The zero-order valence-corrected chi connectivity index (χ0v) is 17.0. The van der Waals surface area contributed by atoms with E-state index in [4.69, 9.17) is 4.98 Å². The summed E-state index contributed by atoms with van der Waals surface area (Å²) in [6.07, 6.45) is 4.58. The van der Waals surface area contributed by atoms with Crippen LogP contribution in [0.3, 0.4) is 0 Å². The molecule has 0 aliphatic rings. The number of benzene rings is 1. The van der Waals surface area contributed by atoms with Gasteiger partial charge in [0.15, 0.2) is 0 Å². The van der Waals surface area contributed by atoms with Crippen LogP contribution in [0.5, 0.6) is 0 Å². The molecule has 0 unspecified atom stereocenters. The summed E-state index contributed by atoms with van der Waals surface area (Å²) in [5.41, 5.74) is 5.31. The lowest BCUT2D eigenvalue weighted by molar-refractivity contribution is 0.405. The summed E-state index contributed by atoms with van der Waals surface area (Å²) in [6.45, 7) is 6.02. The predicted octanol–water partition coefficient (Wildman–Crippen LogP) is 4.26. The van der Waals surface area contributed by atoms with Crippen LogP contribution >= 0.6 is 0 Å². The molecular formula is C22H28N6. The van der Waals surface area contributed by atoms with Crippen LogP contribution in [0.2, 0.25) is 0 Å². The molecule has 0 spiro atoms. The summed E-state index contributed by atoms with van der Waals surface area (Å²) >= 11 is 0. The minimum atomic E-state index is 0.626. The maximum Gasteiger partial charge on any atom is 0.225 e. The summed E-state index contributed by atoms with van der Waals surface area (Å²) < 4.78 is 0.